The first kappa shape index (κ1) is 17.3. The van der Waals surface area contributed by atoms with Crippen LogP contribution in [0.1, 0.15) is 5.56 Å². The Morgan fingerprint density at radius 1 is 1.04 bits per heavy atom. The van der Waals surface area contributed by atoms with Crippen LogP contribution in [0, 0.1) is 0 Å². The van der Waals surface area contributed by atoms with E-state index < -0.39 is 0 Å². The highest BCUT2D eigenvalue weighted by atomic mass is 32.2. The number of aliphatic hydroxyl groups excluding tert-OH is 1. The van der Waals surface area contributed by atoms with E-state index in [9.17, 15) is 9.59 Å². The van der Waals surface area contributed by atoms with E-state index in [1.807, 2.05) is 18.2 Å². The van der Waals surface area contributed by atoms with E-state index in [-0.39, 0.29) is 18.4 Å². The Morgan fingerprint density at radius 2 is 1.80 bits per heavy atom. The standard InChI is InChI=1S/C19H17NO4S/c1-24-15-9-5-8-14(12-15)20-18(22)16(13-6-3-2-4-7-13)17(19(20)23)25-11-10-21/h2-9,12,21H,10-11H2,1H3. The lowest BCUT2D eigenvalue weighted by atomic mass is 10.1. The Balaban J connectivity index is 2.06. The van der Waals surface area contributed by atoms with Gasteiger partial charge < -0.3 is 9.84 Å². The van der Waals surface area contributed by atoms with Gasteiger partial charge >= 0.3 is 0 Å². The van der Waals surface area contributed by atoms with E-state index in [1.54, 1.807) is 36.4 Å². The van der Waals surface area contributed by atoms with Crippen LogP contribution in [0.25, 0.3) is 5.57 Å². The average molecular weight is 355 g/mol. The highest BCUT2D eigenvalue weighted by Crippen LogP contribution is 2.38. The number of nitrogens with zero attached hydrogens (tertiary/aromatic N) is 1. The van der Waals surface area contributed by atoms with E-state index in [0.717, 1.165) is 4.90 Å². The molecule has 0 bridgehead atoms. The maximum Gasteiger partial charge on any atom is 0.272 e. The minimum Gasteiger partial charge on any atom is -0.497 e. The van der Waals surface area contributed by atoms with Crippen molar-refractivity contribution in [1.29, 1.82) is 0 Å². The zero-order valence-corrected chi connectivity index (χ0v) is 14.5. The largest absolute Gasteiger partial charge is 0.497 e. The number of rotatable bonds is 6. The number of anilines is 1. The van der Waals surface area contributed by atoms with Gasteiger partial charge in [0.15, 0.2) is 0 Å². The summed E-state index contributed by atoms with van der Waals surface area (Å²) in [6.07, 6.45) is 0. The second-order valence-electron chi connectivity index (χ2n) is 5.29. The first-order valence-electron chi connectivity index (χ1n) is 7.73. The Morgan fingerprint density at radius 3 is 2.48 bits per heavy atom. The van der Waals surface area contributed by atoms with Crippen molar-refractivity contribution in [2.24, 2.45) is 0 Å². The lowest BCUT2D eigenvalue weighted by molar-refractivity contribution is -0.119. The minimum atomic E-state index is -0.379. The van der Waals surface area contributed by atoms with E-state index in [0.29, 0.717) is 33.2 Å². The van der Waals surface area contributed by atoms with Crippen molar-refractivity contribution in [3.63, 3.8) is 0 Å². The molecule has 1 N–H and O–H groups in total. The maximum absolute atomic E-state index is 13.0. The van der Waals surface area contributed by atoms with Crippen LogP contribution in [0.2, 0.25) is 0 Å². The summed E-state index contributed by atoms with van der Waals surface area (Å²) in [7, 11) is 1.53. The van der Waals surface area contributed by atoms with Gasteiger partial charge in [-0.2, -0.15) is 0 Å². The summed E-state index contributed by atoms with van der Waals surface area (Å²) in [6.45, 7) is -0.0726. The molecule has 1 aliphatic rings. The van der Waals surface area contributed by atoms with E-state index in [1.165, 1.54) is 18.9 Å². The molecule has 2 aromatic carbocycles. The molecule has 3 rings (SSSR count). The van der Waals surface area contributed by atoms with Crippen LogP contribution in [0.5, 0.6) is 5.75 Å². The minimum absolute atomic E-state index is 0.0726. The predicted molar refractivity (Wildman–Crippen MR) is 98.4 cm³/mol. The van der Waals surface area contributed by atoms with Crippen LogP contribution >= 0.6 is 11.8 Å². The Labute approximate surface area is 149 Å². The van der Waals surface area contributed by atoms with Crippen molar-refractivity contribution in [3.8, 4) is 5.75 Å². The second-order valence-corrected chi connectivity index (χ2v) is 6.39. The molecule has 0 saturated heterocycles. The van der Waals surface area contributed by atoms with Gasteiger partial charge in [-0.25, -0.2) is 4.90 Å². The number of methoxy groups -OCH3 is 1. The van der Waals surface area contributed by atoms with Gasteiger partial charge in [-0.05, 0) is 17.7 Å². The summed E-state index contributed by atoms with van der Waals surface area (Å²) in [6, 6.07) is 15.9. The van der Waals surface area contributed by atoms with Crippen LogP contribution in [-0.4, -0.2) is 36.4 Å². The number of imide groups is 1. The number of carbonyl (C=O) groups excluding carboxylic acids is 2. The normalized spacial score (nSPS) is 14.4. The number of amides is 2. The fourth-order valence-electron chi connectivity index (χ4n) is 2.63. The molecule has 1 heterocycles. The molecule has 0 aromatic heterocycles. The predicted octanol–water partition coefficient (Wildman–Crippen LogP) is 2.71. The SMILES string of the molecule is COc1cccc(N2C(=O)C(SCCO)=C(c3ccccc3)C2=O)c1. The first-order valence-corrected chi connectivity index (χ1v) is 8.72. The molecule has 2 aromatic rings. The third-order valence-electron chi connectivity index (χ3n) is 3.75. The molecule has 1 aliphatic heterocycles. The molecule has 0 radical (unpaired) electrons. The molecule has 0 atom stereocenters. The molecule has 0 unspecified atom stereocenters. The Hall–Kier alpha value is -2.57. The van der Waals surface area contributed by atoms with Crippen molar-refractivity contribution >= 4 is 34.8 Å². The van der Waals surface area contributed by atoms with Crippen LogP contribution in [0.3, 0.4) is 0 Å². The molecule has 0 saturated carbocycles. The smallest absolute Gasteiger partial charge is 0.272 e. The summed E-state index contributed by atoms with van der Waals surface area (Å²) in [5.41, 5.74) is 1.51. The Bertz CT molecular complexity index is 832. The van der Waals surface area contributed by atoms with Gasteiger partial charge in [0.25, 0.3) is 11.8 Å². The molecular weight excluding hydrogens is 338 g/mol. The van der Waals surface area contributed by atoms with Crippen LogP contribution in [0.15, 0.2) is 59.5 Å². The number of ether oxygens (including phenoxy) is 1. The lowest BCUT2D eigenvalue weighted by Crippen LogP contribution is -2.31. The van der Waals surface area contributed by atoms with Crippen LogP contribution < -0.4 is 9.64 Å². The van der Waals surface area contributed by atoms with Gasteiger partial charge in [0.2, 0.25) is 0 Å². The van der Waals surface area contributed by atoms with Crippen LogP contribution in [-0.2, 0) is 9.59 Å². The summed E-state index contributed by atoms with van der Waals surface area (Å²) in [4.78, 5) is 27.4. The number of benzene rings is 2. The molecule has 5 nitrogen and oxygen atoms in total. The van der Waals surface area contributed by atoms with Crippen molar-refractivity contribution in [2.45, 2.75) is 0 Å². The monoisotopic (exact) mass is 355 g/mol. The van der Waals surface area contributed by atoms with Gasteiger partial charge in [0, 0.05) is 11.8 Å². The summed E-state index contributed by atoms with van der Waals surface area (Å²) < 4.78 is 5.19. The molecule has 128 valence electrons. The van der Waals surface area contributed by atoms with E-state index in [2.05, 4.69) is 0 Å². The number of hydrogen-bond acceptors (Lipinski definition) is 5. The fraction of sp³-hybridized carbons (Fsp3) is 0.158. The van der Waals surface area contributed by atoms with Crippen molar-refractivity contribution < 1.29 is 19.4 Å². The van der Waals surface area contributed by atoms with Crippen molar-refractivity contribution in [1.82, 2.24) is 0 Å². The van der Waals surface area contributed by atoms with Gasteiger partial charge in [-0.15, -0.1) is 11.8 Å². The molecular formula is C19H17NO4S. The highest BCUT2D eigenvalue weighted by Gasteiger charge is 2.40. The average Bonchev–Trinajstić information content (AvgIpc) is 2.90. The van der Waals surface area contributed by atoms with E-state index >= 15 is 0 Å². The van der Waals surface area contributed by atoms with Crippen molar-refractivity contribution in [3.05, 3.63) is 65.1 Å². The highest BCUT2D eigenvalue weighted by molar-refractivity contribution is 8.04. The molecule has 2 amide bonds. The van der Waals surface area contributed by atoms with E-state index in [4.69, 9.17) is 9.84 Å². The lowest BCUT2D eigenvalue weighted by Gasteiger charge is -2.16. The summed E-state index contributed by atoms with van der Waals surface area (Å²) in [5, 5.41) is 9.12. The third-order valence-corrected chi connectivity index (χ3v) is 4.81. The zero-order valence-electron chi connectivity index (χ0n) is 13.6. The van der Waals surface area contributed by atoms with Gasteiger partial charge in [0.05, 0.1) is 29.9 Å². The van der Waals surface area contributed by atoms with Crippen molar-refractivity contribution in [2.75, 3.05) is 24.4 Å². The number of carbonyl (C=O) groups is 2. The molecule has 6 heteroatoms. The summed E-state index contributed by atoms with van der Waals surface area (Å²) >= 11 is 1.19. The number of hydrogen-bond donors (Lipinski definition) is 1. The first-order chi connectivity index (χ1) is 12.2. The Kier molecular flexibility index (Phi) is 5.21. The zero-order chi connectivity index (χ0) is 17.8. The maximum atomic E-state index is 13.0. The van der Waals surface area contributed by atoms with Crippen LogP contribution in [0.4, 0.5) is 5.69 Å². The number of thioether (sulfide) groups is 1. The van der Waals surface area contributed by atoms with Gasteiger partial charge in [0.1, 0.15) is 5.75 Å². The quantitative estimate of drug-likeness (QED) is 0.807. The molecule has 25 heavy (non-hydrogen) atoms. The second kappa shape index (κ2) is 7.55. The van der Waals surface area contributed by atoms with Gasteiger partial charge in [-0.1, -0.05) is 36.4 Å². The molecule has 0 fully saturated rings. The number of aliphatic hydroxyl groups is 1. The fourth-order valence-corrected chi connectivity index (χ4v) is 3.49. The third kappa shape index (κ3) is 3.31. The molecule has 0 aliphatic carbocycles. The summed E-state index contributed by atoms with van der Waals surface area (Å²) in [5.74, 6) is 0.160. The molecule has 0 spiro atoms. The topological polar surface area (TPSA) is 66.8 Å². The van der Waals surface area contributed by atoms with Gasteiger partial charge in [-0.3, -0.25) is 9.59 Å².